The van der Waals surface area contributed by atoms with Crippen LogP contribution in [0.5, 0.6) is 0 Å². The number of hydrogen-bond acceptors (Lipinski definition) is 4. The van der Waals surface area contributed by atoms with Gasteiger partial charge in [0.1, 0.15) is 5.69 Å². The fourth-order valence-electron chi connectivity index (χ4n) is 2.06. The summed E-state index contributed by atoms with van der Waals surface area (Å²) in [5.74, 6) is 5.59. The van der Waals surface area contributed by atoms with Crippen molar-refractivity contribution >= 4 is 5.91 Å². The van der Waals surface area contributed by atoms with Gasteiger partial charge >= 0.3 is 0 Å². The SMILES string of the molecule is CCC1CN(C(=O)c2ccc(C#CCN)cn2)CCO1. The van der Waals surface area contributed by atoms with Crippen LogP contribution in [0, 0.1) is 11.8 Å². The highest BCUT2D eigenvalue weighted by Gasteiger charge is 2.24. The molecule has 1 aromatic rings. The van der Waals surface area contributed by atoms with Crippen molar-refractivity contribution in [1.82, 2.24) is 9.88 Å². The van der Waals surface area contributed by atoms with Crippen LogP contribution in [0.2, 0.25) is 0 Å². The van der Waals surface area contributed by atoms with Gasteiger partial charge < -0.3 is 15.4 Å². The minimum atomic E-state index is -0.0508. The molecule has 1 aromatic heterocycles. The highest BCUT2D eigenvalue weighted by atomic mass is 16.5. The average molecular weight is 273 g/mol. The number of carbonyl (C=O) groups excluding carboxylic acids is 1. The molecular weight excluding hydrogens is 254 g/mol. The second-order valence-corrected chi connectivity index (χ2v) is 4.59. The Kier molecular flexibility index (Phi) is 5.10. The summed E-state index contributed by atoms with van der Waals surface area (Å²) in [5.41, 5.74) is 6.52. The van der Waals surface area contributed by atoms with Crippen LogP contribution < -0.4 is 5.73 Å². The van der Waals surface area contributed by atoms with Crippen LogP contribution in [0.25, 0.3) is 0 Å². The fraction of sp³-hybridized carbons (Fsp3) is 0.467. The number of pyridine rings is 1. The van der Waals surface area contributed by atoms with Crippen molar-refractivity contribution in [1.29, 1.82) is 0 Å². The summed E-state index contributed by atoms with van der Waals surface area (Å²) in [5, 5.41) is 0. The maximum atomic E-state index is 12.3. The molecule has 106 valence electrons. The number of amides is 1. The Morgan fingerprint density at radius 3 is 3.10 bits per heavy atom. The number of aromatic nitrogens is 1. The van der Waals surface area contributed by atoms with Gasteiger partial charge in [-0.2, -0.15) is 0 Å². The van der Waals surface area contributed by atoms with E-state index in [1.54, 1.807) is 23.2 Å². The van der Waals surface area contributed by atoms with Crippen molar-refractivity contribution in [3.8, 4) is 11.8 Å². The summed E-state index contributed by atoms with van der Waals surface area (Å²) in [7, 11) is 0. The lowest BCUT2D eigenvalue weighted by atomic mass is 10.2. The molecule has 1 amide bonds. The van der Waals surface area contributed by atoms with E-state index in [0.29, 0.717) is 31.9 Å². The topological polar surface area (TPSA) is 68.5 Å². The quantitative estimate of drug-likeness (QED) is 0.803. The van der Waals surface area contributed by atoms with Gasteiger partial charge in [0.25, 0.3) is 5.91 Å². The predicted molar refractivity (Wildman–Crippen MR) is 76.1 cm³/mol. The third-order valence-corrected chi connectivity index (χ3v) is 3.20. The fourth-order valence-corrected chi connectivity index (χ4v) is 2.06. The van der Waals surface area contributed by atoms with Gasteiger partial charge in [-0.3, -0.25) is 4.79 Å². The van der Waals surface area contributed by atoms with Gasteiger partial charge in [0, 0.05) is 24.8 Å². The van der Waals surface area contributed by atoms with Crippen molar-refractivity contribution in [3.63, 3.8) is 0 Å². The van der Waals surface area contributed by atoms with Crippen molar-refractivity contribution in [2.24, 2.45) is 5.73 Å². The molecule has 1 unspecified atom stereocenters. The molecular formula is C15H19N3O2. The van der Waals surface area contributed by atoms with E-state index in [-0.39, 0.29) is 12.0 Å². The Morgan fingerprint density at radius 2 is 2.45 bits per heavy atom. The van der Waals surface area contributed by atoms with Gasteiger partial charge in [0.05, 0.1) is 19.3 Å². The Labute approximate surface area is 119 Å². The number of hydrogen-bond donors (Lipinski definition) is 1. The molecule has 0 aromatic carbocycles. The molecule has 5 heteroatoms. The lowest BCUT2D eigenvalue weighted by Crippen LogP contribution is -2.45. The number of nitrogens with two attached hydrogens (primary N) is 1. The van der Waals surface area contributed by atoms with Gasteiger partial charge in [0.15, 0.2) is 0 Å². The molecule has 0 radical (unpaired) electrons. The number of rotatable bonds is 2. The van der Waals surface area contributed by atoms with Crippen LogP contribution in [-0.2, 0) is 4.74 Å². The molecule has 1 saturated heterocycles. The molecule has 1 atom stereocenters. The maximum Gasteiger partial charge on any atom is 0.272 e. The zero-order valence-corrected chi connectivity index (χ0v) is 11.6. The lowest BCUT2D eigenvalue weighted by molar-refractivity contribution is -0.0228. The van der Waals surface area contributed by atoms with Crippen LogP contribution in [0.15, 0.2) is 18.3 Å². The Hall–Kier alpha value is -1.90. The average Bonchev–Trinajstić information content (AvgIpc) is 2.52. The minimum Gasteiger partial charge on any atom is -0.375 e. The molecule has 2 N–H and O–H groups in total. The van der Waals surface area contributed by atoms with E-state index < -0.39 is 0 Å². The summed E-state index contributed by atoms with van der Waals surface area (Å²) < 4.78 is 5.56. The third-order valence-electron chi connectivity index (χ3n) is 3.20. The highest BCUT2D eigenvalue weighted by molar-refractivity contribution is 5.92. The van der Waals surface area contributed by atoms with Gasteiger partial charge in [-0.15, -0.1) is 0 Å². The molecule has 2 heterocycles. The van der Waals surface area contributed by atoms with Gasteiger partial charge in [-0.05, 0) is 18.6 Å². The maximum absolute atomic E-state index is 12.3. The molecule has 5 nitrogen and oxygen atoms in total. The Bertz CT molecular complexity index is 516. The molecule has 1 fully saturated rings. The first-order chi connectivity index (χ1) is 9.74. The van der Waals surface area contributed by atoms with E-state index in [0.717, 1.165) is 12.0 Å². The minimum absolute atomic E-state index is 0.0508. The summed E-state index contributed by atoms with van der Waals surface area (Å²) in [6, 6.07) is 3.50. The van der Waals surface area contributed by atoms with Crippen LogP contribution >= 0.6 is 0 Å². The van der Waals surface area contributed by atoms with Crippen molar-refractivity contribution in [2.75, 3.05) is 26.2 Å². The number of morpholine rings is 1. The largest absolute Gasteiger partial charge is 0.375 e. The molecule has 0 aliphatic carbocycles. The summed E-state index contributed by atoms with van der Waals surface area (Å²) >= 11 is 0. The monoisotopic (exact) mass is 273 g/mol. The first kappa shape index (κ1) is 14.5. The molecule has 0 saturated carbocycles. The van der Waals surface area contributed by atoms with E-state index in [4.69, 9.17) is 10.5 Å². The number of carbonyl (C=O) groups is 1. The van der Waals surface area contributed by atoms with Crippen LogP contribution in [0.1, 0.15) is 29.4 Å². The van der Waals surface area contributed by atoms with Crippen LogP contribution in [0.4, 0.5) is 0 Å². The smallest absolute Gasteiger partial charge is 0.272 e. The number of ether oxygens (including phenoxy) is 1. The molecule has 1 aliphatic rings. The van der Waals surface area contributed by atoms with E-state index in [1.165, 1.54) is 0 Å². The Balaban J connectivity index is 2.05. The van der Waals surface area contributed by atoms with E-state index >= 15 is 0 Å². The summed E-state index contributed by atoms with van der Waals surface area (Å²) in [4.78, 5) is 18.3. The second kappa shape index (κ2) is 7.04. The second-order valence-electron chi connectivity index (χ2n) is 4.59. The van der Waals surface area contributed by atoms with Gasteiger partial charge in [-0.1, -0.05) is 18.8 Å². The van der Waals surface area contributed by atoms with E-state index in [9.17, 15) is 4.79 Å². The molecule has 20 heavy (non-hydrogen) atoms. The Morgan fingerprint density at radius 1 is 1.60 bits per heavy atom. The third kappa shape index (κ3) is 3.56. The molecule has 1 aliphatic heterocycles. The van der Waals surface area contributed by atoms with Crippen molar-refractivity contribution < 1.29 is 9.53 Å². The zero-order chi connectivity index (χ0) is 14.4. The van der Waals surface area contributed by atoms with Gasteiger partial charge in [0.2, 0.25) is 0 Å². The van der Waals surface area contributed by atoms with Crippen molar-refractivity contribution in [3.05, 3.63) is 29.6 Å². The van der Waals surface area contributed by atoms with Crippen LogP contribution in [0.3, 0.4) is 0 Å². The molecule has 0 bridgehead atoms. The first-order valence-electron chi connectivity index (χ1n) is 6.80. The lowest BCUT2D eigenvalue weighted by Gasteiger charge is -2.32. The van der Waals surface area contributed by atoms with E-state index in [2.05, 4.69) is 23.7 Å². The van der Waals surface area contributed by atoms with E-state index in [1.807, 2.05) is 0 Å². The zero-order valence-electron chi connectivity index (χ0n) is 11.6. The van der Waals surface area contributed by atoms with Crippen LogP contribution in [-0.4, -0.2) is 48.1 Å². The molecule has 0 spiro atoms. The standard InChI is InChI=1S/C15H19N3O2/c1-2-13-11-18(8-9-20-13)15(19)14-6-5-12(10-17-14)4-3-7-16/h5-6,10,13H,2,7-9,11,16H2,1H3. The van der Waals surface area contributed by atoms with Gasteiger partial charge in [-0.25, -0.2) is 4.98 Å². The first-order valence-corrected chi connectivity index (χ1v) is 6.80. The summed E-state index contributed by atoms with van der Waals surface area (Å²) in [6.45, 7) is 4.20. The predicted octanol–water partition coefficient (Wildman–Crippen LogP) is 0.643. The number of nitrogens with zero attached hydrogens (tertiary/aromatic N) is 2. The molecule has 2 rings (SSSR count). The normalized spacial score (nSPS) is 18.3. The van der Waals surface area contributed by atoms with Crippen molar-refractivity contribution in [2.45, 2.75) is 19.4 Å². The summed E-state index contributed by atoms with van der Waals surface area (Å²) in [6.07, 6.45) is 2.64. The highest BCUT2D eigenvalue weighted by Crippen LogP contribution is 2.11.